The number of alkyl halides is 3. The molecule has 126 valence electrons. The zero-order valence-electron chi connectivity index (χ0n) is 11.9. The van der Waals surface area contributed by atoms with Crippen LogP contribution in [0.1, 0.15) is 37.7 Å². The molecule has 0 aromatic heterocycles. The molecule has 22 heavy (non-hydrogen) atoms. The minimum atomic E-state index is -4.78. The smallest absolute Gasteiger partial charge is 0.330 e. The number of carbonyl (C=O) groups is 1. The summed E-state index contributed by atoms with van der Waals surface area (Å²) >= 11 is 0. The molecule has 1 amide bonds. The molecule has 0 aliphatic heterocycles. The summed E-state index contributed by atoms with van der Waals surface area (Å²) < 4.78 is 50.7. The highest BCUT2D eigenvalue weighted by molar-refractivity contribution is 5.90. The summed E-state index contributed by atoms with van der Waals surface area (Å²) in [6.45, 7) is 0.599. The monoisotopic (exact) mass is 342 g/mol. The number of unbranched alkanes of at least 4 members (excludes halogenated alkanes) is 3. The molecule has 0 aliphatic rings. The minimum absolute atomic E-state index is 0. The molecular weight excluding hydrogens is 324 g/mol. The highest BCUT2D eigenvalue weighted by Gasteiger charge is 2.34. The number of hydrogen-bond acceptors (Lipinski definition) is 2. The first-order valence-corrected chi connectivity index (χ1v) is 6.71. The van der Waals surface area contributed by atoms with E-state index in [-0.39, 0.29) is 30.4 Å². The van der Waals surface area contributed by atoms with E-state index in [4.69, 9.17) is 5.73 Å². The Morgan fingerprint density at radius 1 is 1.14 bits per heavy atom. The lowest BCUT2D eigenvalue weighted by Crippen LogP contribution is -2.13. The van der Waals surface area contributed by atoms with Crippen LogP contribution < -0.4 is 11.1 Å². The molecule has 0 unspecified atom stereocenters. The Morgan fingerprint density at radius 2 is 1.77 bits per heavy atom. The van der Waals surface area contributed by atoms with E-state index in [0.29, 0.717) is 25.1 Å². The van der Waals surface area contributed by atoms with Crippen molar-refractivity contribution in [2.24, 2.45) is 5.73 Å². The molecule has 0 spiro atoms. The number of nitrogens with one attached hydrogen (secondary N) is 1. The third kappa shape index (κ3) is 7.09. The van der Waals surface area contributed by atoms with Crippen LogP contribution >= 0.6 is 12.4 Å². The molecule has 1 rings (SSSR count). The zero-order valence-corrected chi connectivity index (χ0v) is 12.7. The number of anilines is 1. The average Bonchev–Trinajstić information content (AvgIpc) is 2.39. The second-order valence-electron chi connectivity index (χ2n) is 4.69. The van der Waals surface area contributed by atoms with Crippen LogP contribution in [-0.4, -0.2) is 12.5 Å². The van der Waals surface area contributed by atoms with E-state index in [2.05, 4.69) is 5.32 Å². The number of nitrogens with two attached hydrogens (primary N) is 1. The van der Waals surface area contributed by atoms with E-state index in [1.54, 1.807) is 0 Å². The van der Waals surface area contributed by atoms with Gasteiger partial charge in [0.1, 0.15) is 5.82 Å². The zero-order chi connectivity index (χ0) is 15.9. The SMILES string of the molecule is Cl.NCCCCCCC(=O)Nc1ccc(F)c(C(F)(F)F)c1. The van der Waals surface area contributed by atoms with Crippen molar-refractivity contribution < 1.29 is 22.4 Å². The Labute approximate surface area is 132 Å². The molecular formula is C14H19ClF4N2O. The number of carbonyl (C=O) groups excluding carboxylic acids is 1. The van der Waals surface area contributed by atoms with Crippen LogP contribution in [0.25, 0.3) is 0 Å². The fourth-order valence-corrected chi connectivity index (χ4v) is 1.83. The van der Waals surface area contributed by atoms with Gasteiger partial charge in [-0.15, -0.1) is 12.4 Å². The quantitative estimate of drug-likeness (QED) is 0.578. The van der Waals surface area contributed by atoms with E-state index in [1.165, 1.54) is 0 Å². The lowest BCUT2D eigenvalue weighted by Gasteiger charge is -2.11. The molecule has 1 aromatic rings. The summed E-state index contributed by atoms with van der Waals surface area (Å²) in [5.41, 5.74) is 3.89. The van der Waals surface area contributed by atoms with Gasteiger partial charge in [-0.25, -0.2) is 4.39 Å². The first kappa shape index (κ1) is 20.7. The van der Waals surface area contributed by atoms with Gasteiger partial charge in [0.15, 0.2) is 0 Å². The molecule has 0 bridgehead atoms. The maximum Gasteiger partial charge on any atom is 0.419 e. The van der Waals surface area contributed by atoms with Gasteiger partial charge in [0.25, 0.3) is 0 Å². The van der Waals surface area contributed by atoms with Gasteiger partial charge >= 0.3 is 6.18 Å². The van der Waals surface area contributed by atoms with Gasteiger partial charge in [0, 0.05) is 12.1 Å². The number of benzene rings is 1. The Balaban J connectivity index is 0.00000441. The molecule has 3 N–H and O–H groups in total. The van der Waals surface area contributed by atoms with Crippen molar-refractivity contribution in [1.29, 1.82) is 0 Å². The summed E-state index contributed by atoms with van der Waals surface area (Å²) in [6, 6.07) is 2.40. The van der Waals surface area contributed by atoms with Gasteiger partial charge in [0.2, 0.25) is 5.91 Å². The first-order valence-electron chi connectivity index (χ1n) is 6.71. The molecule has 3 nitrogen and oxygen atoms in total. The first-order chi connectivity index (χ1) is 9.84. The summed E-state index contributed by atoms with van der Waals surface area (Å²) in [5, 5.41) is 2.34. The fraction of sp³-hybridized carbons (Fsp3) is 0.500. The van der Waals surface area contributed by atoms with Gasteiger partial charge in [-0.3, -0.25) is 4.79 Å². The second kappa shape index (κ2) is 9.63. The predicted molar refractivity (Wildman–Crippen MR) is 79.4 cm³/mol. The number of amides is 1. The Morgan fingerprint density at radius 3 is 2.36 bits per heavy atom. The molecule has 0 saturated heterocycles. The third-order valence-corrected chi connectivity index (χ3v) is 2.91. The average molecular weight is 343 g/mol. The van der Waals surface area contributed by atoms with E-state index in [0.717, 1.165) is 25.3 Å². The topological polar surface area (TPSA) is 55.1 Å². The minimum Gasteiger partial charge on any atom is -0.330 e. The van der Waals surface area contributed by atoms with E-state index in [9.17, 15) is 22.4 Å². The lowest BCUT2D eigenvalue weighted by atomic mass is 10.1. The maximum absolute atomic E-state index is 13.1. The van der Waals surface area contributed by atoms with Crippen LogP contribution in [0.5, 0.6) is 0 Å². The van der Waals surface area contributed by atoms with Crippen LogP contribution in [0.3, 0.4) is 0 Å². The van der Waals surface area contributed by atoms with E-state index >= 15 is 0 Å². The molecule has 0 fully saturated rings. The third-order valence-electron chi connectivity index (χ3n) is 2.91. The molecule has 0 heterocycles. The molecule has 0 atom stereocenters. The van der Waals surface area contributed by atoms with Crippen LogP contribution in [0.15, 0.2) is 18.2 Å². The van der Waals surface area contributed by atoms with Crippen molar-refractivity contribution in [2.45, 2.75) is 38.3 Å². The Bertz CT molecular complexity index is 480. The van der Waals surface area contributed by atoms with Crippen molar-refractivity contribution in [3.8, 4) is 0 Å². The summed E-state index contributed by atoms with van der Waals surface area (Å²) in [4.78, 5) is 11.6. The second-order valence-corrected chi connectivity index (χ2v) is 4.69. The fourth-order valence-electron chi connectivity index (χ4n) is 1.83. The summed E-state index contributed by atoms with van der Waals surface area (Å²) in [6.07, 6.45) is -1.30. The van der Waals surface area contributed by atoms with Gasteiger partial charge in [-0.2, -0.15) is 13.2 Å². The van der Waals surface area contributed by atoms with Crippen molar-refractivity contribution in [2.75, 3.05) is 11.9 Å². The largest absolute Gasteiger partial charge is 0.419 e. The predicted octanol–water partition coefficient (Wildman–Crippen LogP) is 4.11. The summed E-state index contributed by atoms with van der Waals surface area (Å²) in [7, 11) is 0. The van der Waals surface area contributed by atoms with Crippen molar-refractivity contribution >= 4 is 24.0 Å². The van der Waals surface area contributed by atoms with Gasteiger partial charge in [0.05, 0.1) is 5.56 Å². The molecule has 0 radical (unpaired) electrons. The maximum atomic E-state index is 13.1. The van der Waals surface area contributed by atoms with Crippen molar-refractivity contribution in [3.63, 3.8) is 0 Å². The van der Waals surface area contributed by atoms with Crippen molar-refractivity contribution in [3.05, 3.63) is 29.6 Å². The lowest BCUT2D eigenvalue weighted by molar-refractivity contribution is -0.140. The summed E-state index contributed by atoms with van der Waals surface area (Å²) in [5.74, 6) is -1.75. The van der Waals surface area contributed by atoms with Gasteiger partial charge in [-0.1, -0.05) is 12.8 Å². The van der Waals surface area contributed by atoms with Crippen LogP contribution in [0, 0.1) is 5.82 Å². The highest BCUT2D eigenvalue weighted by atomic mass is 35.5. The van der Waals surface area contributed by atoms with Crippen LogP contribution in [0.2, 0.25) is 0 Å². The van der Waals surface area contributed by atoms with E-state index < -0.39 is 17.6 Å². The molecule has 1 aromatic carbocycles. The van der Waals surface area contributed by atoms with Crippen LogP contribution in [-0.2, 0) is 11.0 Å². The van der Waals surface area contributed by atoms with Crippen molar-refractivity contribution in [1.82, 2.24) is 0 Å². The molecule has 0 aliphatic carbocycles. The van der Waals surface area contributed by atoms with Crippen LogP contribution in [0.4, 0.5) is 23.2 Å². The van der Waals surface area contributed by atoms with Gasteiger partial charge in [-0.05, 0) is 37.6 Å². The van der Waals surface area contributed by atoms with Gasteiger partial charge < -0.3 is 11.1 Å². The normalized spacial score (nSPS) is 11.0. The standard InChI is InChI=1S/C14H18F4N2O.ClH/c15-12-7-6-10(9-11(12)14(16,17)18)20-13(21)5-3-1-2-4-8-19;/h6-7,9H,1-5,8,19H2,(H,20,21);1H. The number of halogens is 5. The highest BCUT2D eigenvalue weighted by Crippen LogP contribution is 2.33. The Hall–Kier alpha value is -1.34. The number of rotatable bonds is 7. The number of hydrogen-bond donors (Lipinski definition) is 2. The van der Waals surface area contributed by atoms with E-state index in [1.807, 2.05) is 0 Å². The molecule has 8 heteroatoms. The molecule has 0 saturated carbocycles. The Kier molecular flexibility index (Phi) is 9.04.